The lowest BCUT2D eigenvalue weighted by Crippen LogP contribution is -2.59. The van der Waals surface area contributed by atoms with Gasteiger partial charge in [0, 0.05) is 0 Å². The Morgan fingerprint density at radius 1 is 0.907 bits per heavy atom. The van der Waals surface area contributed by atoms with Gasteiger partial charge in [-0.05, 0) is 141 Å². The van der Waals surface area contributed by atoms with E-state index in [1.807, 2.05) is 18.2 Å². The smallest absolute Gasteiger partial charge is 0.380 e. The number of hydrogen-bond donors (Lipinski definition) is 1. The fourth-order valence-electron chi connectivity index (χ4n) is 10.9. The van der Waals surface area contributed by atoms with E-state index in [1.54, 1.807) is 12.1 Å². The van der Waals surface area contributed by atoms with Gasteiger partial charge in [0.25, 0.3) is 0 Å². The molecule has 4 aliphatic rings. The number of sulfone groups is 1. The largest absolute Gasteiger partial charge is 0.417 e. The van der Waals surface area contributed by atoms with Gasteiger partial charge in [0.15, 0.2) is 15.4 Å². The molecule has 0 spiro atoms. The molecule has 244 valence electrons. The topological polar surface area (TPSA) is 54.4 Å². The summed E-state index contributed by atoms with van der Waals surface area (Å²) in [5.74, 6) is 2.11. The quantitative estimate of drug-likeness (QED) is 0.329. The number of aliphatic hydroxyl groups is 1. The van der Waals surface area contributed by atoms with Crippen LogP contribution in [-0.2, 0) is 9.84 Å². The van der Waals surface area contributed by atoms with E-state index in [2.05, 4.69) is 41.5 Å². The average molecular weight is 625 g/mol. The minimum absolute atomic E-state index is 0.0559. The molecule has 4 saturated carbocycles. The Kier molecular flexibility index (Phi) is 8.76. The molecule has 0 aliphatic heterocycles. The summed E-state index contributed by atoms with van der Waals surface area (Å²) in [6.45, 7) is 13.5. The van der Waals surface area contributed by atoms with Crippen molar-refractivity contribution in [2.75, 3.05) is 0 Å². The summed E-state index contributed by atoms with van der Waals surface area (Å²) < 4.78 is 69.2. The molecule has 0 radical (unpaired) electrons. The van der Waals surface area contributed by atoms with E-state index in [9.17, 15) is 26.7 Å². The Morgan fingerprint density at radius 3 is 2.19 bits per heavy atom. The van der Waals surface area contributed by atoms with Gasteiger partial charge in [0.1, 0.15) is 0 Å². The molecule has 43 heavy (non-hydrogen) atoms. The second kappa shape index (κ2) is 11.3. The van der Waals surface area contributed by atoms with Crippen molar-refractivity contribution < 1.29 is 26.7 Å². The van der Waals surface area contributed by atoms with Gasteiger partial charge in [-0.15, -0.1) is 0 Å². The van der Waals surface area contributed by atoms with E-state index in [0.29, 0.717) is 47.8 Å². The van der Waals surface area contributed by atoms with Crippen molar-refractivity contribution in [3.8, 4) is 0 Å². The predicted octanol–water partition coefficient (Wildman–Crippen LogP) is 9.63. The standard InChI is InChI=1S/C36H55F3O3S/c1-24(22-27(16-18-32(2,3)4)43(41,42)26-10-8-7-9-11-26)29-14-15-30-28-13-12-25-23-35(40,36(37,38)39)21-20-33(25,5)31(28)17-19-34(29,30)6/h7-11,24-25,27-31,40H,12-23H2,1-6H3/t24-,25+,27?,28+,29-,30+,31+,33+,34-,35+/m1/s1. The summed E-state index contributed by atoms with van der Waals surface area (Å²) in [7, 11) is -3.46. The highest BCUT2D eigenvalue weighted by Crippen LogP contribution is 2.69. The molecule has 5 rings (SSSR count). The lowest BCUT2D eigenvalue weighted by molar-refractivity contribution is -0.290. The highest BCUT2D eigenvalue weighted by molar-refractivity contribution is 7.92. The molecule has 7 heteroatoms. The van der Waals surface area contributed by atoms with E-state index in [0.717, 1.165) is 44.9 Å². The number of hydrogen-bond acceptors (Lipinski definition) is 3. The van der Waals surface area contributed by atoms with Gasteiger partial charge in [0.05, 0.1) is 10.1 Å². The molecule has 3 nitrogen and oxygen atoms in total. The zero-order valence-electron chi connectivity index (χ0n) is 27.2. The summed E-state index contributed by atoms with van der Waals surface area (Å²) in [6, 6.07) is 8.94. The molecule has 4 fully saturated rings. The van der Waals surface area contributed by atoms with Crippen molar-refractivity contribution >= 4 is 9.84 Å². The van der Waals surface area contributed by atoms with Crippen LogP contribution in [0.4, 0.5) is 13.2 Å². The van der Waals surface area contributed by atoms with Gasteiger partial charge >= 0.3 is 6.18 Å². The zero-order chi connectivity index (χ0) is 31.6. The Morgan fingerprint density at radius 2 is 1.56 bits per heavy atom. The highest BCUT2D eigenvalue weighted by atomic mass is 32.2. The van der Waals surface area contributed by atoms with Crippen LogP contribution in [-0.4, -0.2) is 30.6 Å². The highest BCUT2D eigenvalue weighted by Gasteiger charge is 2.65. The van der Waals surface area contributed by atoms with E-state index >= 15 is 0 Å². The molecule has 4 aliphatic carbocycles. The number of benzene rings is 1. The SMILES string of the molecule is C[C@H](CC(CCC(C)(C)C)S(=O)(=O)c1ccccc1)[C@H]1CC[C@H]2[C@@H]3CC[C@H]4C[C@](O)(C(F)(F)F)CC[C@]4(C)[C@H]3CC[C@]12C. The first-order chi connectivity index (χ1) is 19.8. The van der Waals surface area contributed by atoms with E-state index in [-0.39, 0.29) is 40.9 Å². The Hall–Kier alpha value is -1.08. The van der Waals surface area contributed by atoms with Gasteiger partial charge in [-0.1, -0.05) is 59.7 Å². The van der Waals surface area contributed by atoms with E-state index < -0.39 is 26.9 Å². The van der Waals surface area contributed by atoms with Crippen molar-refractivity contribution in [2.45, 2.75) is 141 Å². The van der Waals surface area contributed by atoms with Crippen molar-refractivity contribution in [3.05, 3.63) is 30.3 Å². The third-order valence-corrected chi connectivity index (χ3v) is 15.6. The lowest BCUT2D eigenvalue weighted by atomic mass is 9.43. The predicted molar refractivity (Wildman–Crippen MR) is 166 cm³/mol. The van der Waals surface area contributed by atoms with Gasteiger partial charge in [0.2, 0.25) is 0 Å². The van der Waals surface area contributed by atoms with Crippen molar-refractivity contribution in [2.24, 2.45) is 51.8 Å². The molecular weight excluding hydrogens is 569 g/mol. The van der Waals surface area contributed by atoms with Crippen LogP contribution in [0.15, 0.2) is 35.2 Å². The fraction of sp³-hybridized carbons (Fsp3) is 0.833. The first kappa shape index (κ1) is 33.3. The summed E-state index contributed by atoms with van der Waals surface area (Å²) in [5, 5.41) is 10.2. The summed E-state index contributed by atoms with van der Waals surface area (Å²) in [4.78, 5) is 0.423. The molecule has 1 aromatic rings. The van der Waals surface area contributed by atoms with E-state index in [4.69, 9.17) is 0 Å². The zero-order valence-corrected chi connectivity index (χ0v) is 28.0. The van der Waals surface area contributed by atoms with Crippen LogP contribution in [0.2, 0.25) is 0 Å². The van der Waals surface area contributed by atoms with Crippen LogP contribution in [0.3, 0.4) is 0 Å². The lowest BCUT2D eigenvalue weighted by Gasteiger charge is -2.62. The van der Waals surface area contributed by atoms with Crippen LogP contribution >= 0.6 is 0 Å². The van der Waals surface area contributed by atoms with Crippen LogP contribution in [0.25, 0.3) is 0 Å². The molecule has 0 saturated heterocycles. The van der Waals surface area contributed by atoms with Crippen LogP contribution in [0.1, 0.15) is 119 Å². The Labute approximate surface area is 258 Å². The van der Waals surface area contributed by atoms with E-state index in [1.165, 1.54) is 0 Å². The van der Waals surface area contributed by atoms with Gasteiger partial charge in [-0.25, -0.2) is 8.42 Å². The molecule has 10 atom stereocenters. The maximum atomic E-state index is 13.9. The fourth-order valence-corrected chi connectivity index (χ4v) is 12.8. The third kappa shape index (κ3) is 5.97. The first-order valence-electron chi connectivity index (χ1n) is 16.9. The average Bonchev–Trinajstić information content (AvgIpc) is 3.28. The van der Waals surface area contributed by atoms with Crippen molar-refractivity contribution in [1.29, 1.82) is 0 Å². The summed E-state index contributed by atoms with van der Waals surface area (Å²) in [6.07, 6.45) is 3.81. The molecular formula is C36H55F3O3S. The minimum Gasteiger partial charge on any atom is -0.380 e. The van der Waals surface area contributed by atoms with Gasteiger partial charge in [-0.3, -0.25) is 0 Å². The van der Waals surface area contributed by atoms with Crippen molar-refractivity contribution in [1.82, 2.24) is 0 Å². The number of halogens is 3. The van der Waals surface area contributed by atoms with Gasteiger partial charge < -0.3 is 5.11 Å². The first-order valence-corrected chi connectivity index (χ1v) is 18.4. The second-order valence-electron chi connectivity index (χ2n) is 16.9. The molecule has 0 heterocycles. The van der Waals surface area contributed by atoms with Crippen molar-refractivity contribution in [3.63, 3.8) is 0 Å². The Bertz CT molecular complexity index is 1240. The molecule has 1 N–H and O–H groups in total. The maximum Gasteiger partial charge on any atom is 0.417 e. The third-order valence-electron chi connectivity index (χ3n) is 13.4. The number of rotatable bonds is 7. The monoisotopic (exact) mass is 624 g/mol. The van der Waals surface area contributed by atoms with Crippen LogP contribution in [0, 0.1) is 51.8 Å². The van der Waals surface area contributed by atoms with Gasteiger partial charge in [-0.2, -0.15) is 13.2 Å². The summed E-state index contributed by atoms with van der Waals surface area (Å²) in [5.41, 5.74) is -2.49. The molecule has 0 aromatic heterocycles. The number of fused-ring (bicyclic) bond motifs is 5. The molecule has 1 unspecified atom stereocenters. The molecule has 1 aromatic carbocycles. The van der Waals surface area contributed by atoms with Crippen LogP contribution in [0.5, 0.6) is 0 Å². The normalized spacial score (nSPS) is 39.8. The molecule has 0 bridgehead atoms. The molecule has 0 amide bonds. The second-order valence-corrected chi connectivity index (χ2v) is 19.1. The Balaban J connectivity index is 1.33. The maximum absolute atomic E-state index is 13.9. The number of alkyl halides is 3. The summed E-state index contributed by atoms with van der Waals surface area (Å²) >= 11 is 0. The van der Waals surface area contributed by atoms with Crippen LogP contribution < -0.4 is 0 Å². The minimum atomic E-state index is -4.57.